The third kappa shape index (κ3) is 3.60. The van der Waals surface area contributed by atoms with E-state index < -0.39 is 0 Å². The number of piperidine rings is 1. The number of likely N-dealkylation sites (tertiary alicyclic amines) is 1. The molecule has 0 aliphatic carbocycles. The molecule has 1 saturated heterocycles. The standard InChI is InChI=1S/C21H20N2O3/c1-14(24)19-11-18(8-9-20(19)25)16-4-6-17(7-5-16)21(26)23-10-2-3-15(12-22)13-23/h4-9,11,15,25H,2-3,10,13H2,1H3/t15-/m1/s1. The van der Waals surface area contributed by atoms with E-state index in [0.29, 0.717) is 18.7 Å². The van der Waals surface area contributed by atoms with E-state index in [-0.39, 0.29) is 28.9 Å². The molecule has 5 heteroatoms. The van der Waals surface area contributed by atoms with Crippen molar-refractivity contribution >= 4 is 11.7 Å². The Labute approximate surface area is 152 Å². The number of phenolic OH excluding ortho intramolecular Hbond substituents is 1. The van der Waals surface area contributed by atoms with Crippen molar-refractivity contribution < 1.29 is 14.7 Å². The lowest BCUT2D eigenvalue weighted by atomic mass is 9.97. The van der Waals surface area contributed by atoms with Crippen molar-refractivity contribution in [3.63, 3.8) is 0 Å². The molecule has 0 aromatic heterocycles. The van der Waals surface area contributed by atoms with Crippen LogP contribution in [0.2, 0.25) is 0 Å². The Morgan fingerprint density at radius 2 is 1.85 bits per heavy atom. The van der Waals surface area contributed by atoms with Gasteiger partial charge in [0.2, 0.25) is 0 Å². The Bertz CT molecular complexity index is 881. The Morgan fingerprint density at radius 3 is 2.50 bits per heavy atom. The summed E-state index contributed by atoms with van der Waals surface area (Å²) in [7, 11) is 0. The van der Waals surface area contributed by atoms with Crippen LogP contribution in [0.4, 0.5) is 0 Å². The number of nitriles is 1. The van der Waals surface area contributed by atoms with Crippen molar-refractivity contribution in [1.29, 1.82) is 5.26 Å². The molecule has 132 valence electrons. The van der Waals surface area contributed by atoms with Crippen molar-refractivity contribution in [3.8, 4) is 22.9 Å². The fourth-order valence-corrected chi connectivity index (χ4v) is 3.25. The summed E-state index contributed by atoms with van der Waals surface area (Å²) >= 11 is 0. The molecular formula is C21H20N2O3. The van der Waals surface area contributed by atoms with Gasteiger partial charge in [0.05, 0.1) is 17.6 Å². The molecule has 0 bridgehead atoms. The highest BCUT2D eigenvalue weighted by atomic mass is 16.3. The molecule has 0 saturated carbocycles. The van der Waals surface area contributed by atoms with Gasteiger partial charge in [0.15, 0.2) is 5.78 Å². The summed E-state index contributed by atoms with van der Waals surface area (Å²) in [6.45, 7) is 2.57. The van der Waals surface area contributed by atoms with E-state index >= 15 is 0 Å². The average molecular weight is 348 g/mol. The summed E-state index contributed by atoms with van der Waals surface area (Å²) in [5.74, 6) is -0.390. The van der Waals surface area contributed by atoms with Gasteiger partial charge in [0.25, 0.3) is 5.91 Å². The van der Waals surface area contributed by atoms with E-state index in [4.69, 9.17) is 5.26 Å². The van der Waals surface area contributed by atoms with Crippen LogP contribution in [-0.2, 0) is 0 Å². The van der Waals surface area contributed by atoms with Crippen molar-refractivity contribution in [2.75, 3.05) is 13.1 Å². The molecule has 0 unspecified atom stereocenters. The van der Waals surface area contributed by atoms with Crippen LogP contribution < -0.4 is 0 Å². The van der Waals surface area contributed by atoms with Crippen LogP contribution in [-0.4, -0.2) is 34.8 Å². The number of carbonyl (C=O) groups excluding carboxylic acids is 2. The predicted octanol–water partition coefficient (Wildman–Crippen LogP) is 3.64. The number of Topliss-reactive ketones (excluding diaryl/α,β-unsaturated/α-hetero) is 1. The number of ketones is 1. The monoisotopic (exact) mass is 348 g/mol. The molecular weight excluding hydrogens is 328 g/mol. The zero-order valence-electron chi connectivity index (χ0n) is 14.6. The van der Waals surface area contributed by atoms with Gasteiger partial charge >= 0.3 is 0 Å². The van der Waals surface area contributed by atoms with Crippen molar-refractivity contribution in [3.05, 3.63) is 53.6 Å². The number of aromatic hydroxyl groups is 1. The SMILES string of the molecule is CC(=O)c1cc(-c2ccc(C(=O)N3CCC[C@H](C#N)C3)cc2)ccc1O. The molecule has 1 N–H and O–H groups in total. The fourth-order valence-electron chi connectivity index (χ4n) is 3.25. The minimum Gasteiger partial charge on any atom is -0.507 e. The highest BCUT2D eigenvalue weighted by Gasteiger charge is 2.24. The molecule has 5 nitrogen and oxygen atoms in total. The van der Waals surface area contributed by atoms with E-state index in [1.54, 1.807) is 29.2 Å². The van der Waals surface area contributed by atoms with E-state index in [9.17, 15) is 14.7 Å². The first-order valence-electron chi connectivity index (χ1n) is 8.63. The number of rotatable bonds is 3. The number of phenols is 1. The van der Waals surface area contributed by atoms with Crippen molar-refractivity contribution in [2.45, 2.75) is 19.8 Å². The van der Waals surface area contributed by atoms with Gasteiger partial charge in [-0.15, -0.1) is 0 Å². The maximum atomic E-state index is 12.6. The van der Waals surface area contributed by atoms with Gasteiger partial charge in [-0.3, -0.25) is 9.59 Å². The fraction of sp³-hybridized carbons (Fsp3) is 0.286. The Hall–Kier alpha value is -3.13. The molecule has 1 atom stereocenters. The summed E-state index contributed by atoms with van der Waals surface area (Å²) in [6.07, 6.45) is 1.70. The second-order valence-corrected chi connectivity index (χ2v) is 6.58. The number of nitrogens with zero attached hydrogens (tertiary/aromatic N) is 2. The highest BCUT2D eigenvalue weighted by molar-refractivity contribution is 5.98. The topological polar surface area (TPSA) is 81.4 Å². The predicted molar refractivity (Wildman–Crippen MR) is 97.8 cm³/mol. The summed E-state index contributed by atoms with van der Waals surface area (Å²) in [4.78, 5) is 26.0. The van der Waals surface area contributed by atoms with Gasteiger partial charge in [0, 0.05) is 18.7 Å². The molecule has 1 heterocycles. The zero-order chi connectivity index (χ0) is 18.7. The van der Waals surface area contributed by atoms with Crippen LogP contribution in [0, 0.1) is 17.2 Å². The molecule has 1 fully saturated rings. The zero-order valence-corrected chi connectivity index (χ0v) is 14.6. The van der Waals surface area contributed by atoms with Gasteiger partial charge in [-0.2, -0.15) is 5.26 Å². The number of amides is 1. The molecule has 26 heavy (non-hydrogen) atoms. The molecule has 0 spiro atoms. The first kappa shape index (κ1) is 17.7. The molecule has 2 aromatic carbocycles. The lowest BCUT2D eigenvalue weighted by molar-refractivity contribution is 0.0698. The molecule has 3 rings (SSSR count). The summed E-state index contributed by atoms with van der Waals surface area (Å²) in [5.41, 5.74) is 2.52. The van der Waals surface area contributed by atoms with Gasteiger partial charge in [-0.1, -0.05) is 18.2 Å². The van der Waals surface area contributed by atoms with Gasteiger partial charge in [0.1, 0.15) is 5.75 Å². The van der Waals surface area contributed by atoms with Crippen molar-refractivity contribution in [2.24, 2.45) is 5.92 Å². The van der Waals surface area contributed by atoms with Gasteiger partial charge < -0.3 is 10.0 Å². The minimum atomic E-state index is -0.201. The van der Waals surface area contributed by atoms with E-state index in [1.165, 1.54) is 13.0 Å². The lowest BCUT2D eigenvalue weighted by Crippen LogP contribution is -2.39. The second kappa shape index (κ2) is 7.40. The largest absolute Gasteiger partial charge is 0.507 e. The lowest BCUT2D eigenvalue weighted by Gasteiger charge is -2.29. The molecule has 1 aliphatic heterocycles. The van der Waals surface area contributed by atoms with E-state index in [2.05, 4.69) is 6.07 Å². The number of hydrogen-bond acceptors (Lipinski definition) is 4. The van der Waals surface area contributed by atoms with Crippen LogP contribution >= 0.6 is 0 Å². The molecule has 2 aromatic rings. The van der Waals surface area contributed by atoms with Crippen LogP contribution in [0.5, 0.6) is 5.75 Å². The third-order valence-electron chi connectivity index (χ3n) is 4.73. The van der Waals surface area contributed by atoms with Crippen LogP contribution in [0.15, 0.2) is 42.5 Å². The summed E-state index contributed by atoms with van der Waals surface area (Å²) in [6, 6.07) is 14.3. The van der Waals surface area contributed by atoms with Crippen LogP contribution in [0.3, 0.4) is 0 Å². The Kier molecular flexibility index (Phi) is 5.04. The van der Waals surface area contributed by atoms with Crippen LogP contribution in [0.1, 0.15) is 40.5 Å². The Balaban J connectivity index is 1.81. The maximum absolute atomic E-state index is 12.6. The van der Waals surface area contributed by atoms with E-state index in [0.717, 1.165) is 24.0 Å². The molecule has 1 amide bonds. The number of hydrogen-bond donors (Lipinski definition) is 1. The normalized spacial score (nSPS) is 16.8. The molecule has 1 aliphatic rings. The number of carbonyl (C=O) groups is 2. The smallest absolute Gasteiger partial charge is 0.253 e. The summed E-state index contributed by atoms with van der Waals surface area (Å²) in [5, 5.41) is 18.8. The first-order chi connectivity index (χ1) is 12.5. The summed E-state index contributed by atoms with van der Waals surface area (Å²) < 4.78 is 0. The molecule has 0 radical (unpaired) electrons. The number of benzene rings is 2. The maximum Gasteiger partial charge on any atom is 0.253 e. The van der Waals surface area contributed by atoms with Crippen molar-refractivity contribution in [1.82, 2.24) is 4.90 Å². The van der Waals surface area contributed by atoms with Gasteiger partial charge in [-0.05, 0) is 55.2 Å². The first-order valence-corrected chi connectivity index (χ1v) is 8.63. The van der Waals surface area contributed by atoms with Crippen LogP contribution in [0.25, 0.3) is 11.1 Å². The average Bonchev–Trinajstić information content (AvgIpc) is 2.67. The highest BCUT2D eigenvalue weighted by Crippen LogP contribution is 2.27. The second-order valence-electron chi connectivity index (χ2n) is 6.58. The van der Waals surface area contributed by atoms with E-state index in [1.807, 2.05) is 12.1 Å². The quantitative estimate of drug-likeness (QED) is 0.859. The Morgan fingerprint density at radius 1 is 1.15 bits per heavy atom. The third-order valence-corrected chi connectivity index (χ3v) is 4.73. The van der Waals surface area contributed by atoms with Gasteiger partial charge in [-0.25, -0.2) is 0 Å². The minimum absolute atomic E-state index is 0.0369.